The van der Waals surface area contributed by atoms with Crippen molar-refractivity contribution in [2.24, 2.45) is 0 Å². The summed E-state index contributed by atoms with van der Waals surface area (Å²) in [6.45, 7) is 9.37. The van der Waals surface area contributed by atoms with Crippen LogP contribution in [0.15, 0.2) is 0 Å². The van der Waals surface area contributed by atoms with E-state index in [4.69, 9.17) is 9.97 Å². The number of hydrogen-bond donors (Lipinski definition) is 1. The minimum atomic E-state index is 0.899. The zero-order valence-electron chi connectivity index (χ0n) is 12.5. The molecule has 106 valence electrons. The lowest BCUT2D eigenvalue weighted by atomic mass is 10.1. The van der Waals surface area contributed by atoms with E-state index in [0.29, 0.717) is 0 Å². The van der Waals surface area contributed by atoms with Gasteiger partial charge >= 0.3 is 0 Å². The average molecular weight is 263 g/mol. The average Bonchev–Trinajstić information content (AvgIpc) is 2.38. The zero-order valence-corrected chi connectivity index (χ0v) is 12.5. The van der Waals surface area contributed by atoms with Crippen molar-refractivity contribution in [3.63, 3.8) is 0 Å². The highest BCUT2D eigenvalue weighted by Crippen LogP contribution is 2.17. The molecule has 0 unspecified atom stereocenters. The standard InChI is InChI=1S/C14H25N5/c1-11-13(5-6-15-3)12(2)17-14(16-11)19-9-7-18(4)8-10-19/h15H,5-10H2,1-4H3. The van der Waals surface area contributed by atoms with Crippen LogP contribution >= 0.6 is 0 Å². The maximum Gasteiger partial charge on any atom is 0.225 e. The van der Waals surface area contributed by atoms with E-state index in [0.717, 1.165) is 56.5 Å². The fourth-order valence-electron chi connectivity index (χ4n) is 2.48. The molecule has 1 N–H and O–H groups in total. The maximum absolute atomic E-state index is 4.70. The van der Waals surface area contributed by atoms with Crippen molar-refractivity contribution < 1.29 is 0 Å². The van der Waals surface area contributed by atoms with Crippen LogP contribution in [0, 0.1) is 13.8 Å². The molecule has 0 atom stereocenters. The topological polar surface area (TPSA) is 44.3 Å². The van der Waals surface area contributed by atoms with Crippen LogP contribution in [-0.2, 0) is 6.42 Å². The number of piperazine rings is 1. The van der Waals surface area contributed by atoms with E-state index < -0.39 is 0 Å². The molecule has 5 nitrogen and oxygen atoms in total. The fourth-order valence-corrected chi connectivity index (χ4v) is 2.48. The molecule has 1 fully saturated rings. The normalized spacial score (nSPS) is 16.9. The summed E-state index contributed by atoms with van der Waals surface area (Å²) < 4.78 is 0. The Kier molecular flexibility index (Phi) is 4.71. The number of aryl methyl sites for hydroxylation is 2. The number of nitrogens with one attached hydrogen (secondary N) is 1. The van der Waals surface area contributed by atoms with Gasteiger partial charge in [0.25, 0.3) is 0 Å². The van der Waals surface area contributed by atoms with Crippen LogP contribution in [0.1, 0.15) is 17.0 Å². The summed E-state index contributed by atoms with van der Waals surface area (Å²) in [5, 5.41) is 3.18. The van der Waals surface area contributed by atoms with Gasteiger partial charge in [0.15, 0.2) is 0 Å². The highest BCUT2D eigenvalue weighted by atomic mass is 15.3. The molecular formula is C14H25N5. The van der Waals surface area contributed by atoms with E-state index >= 15 is 0 Å². The number of aromatic nitrogens is 2. The lowest BCUT2D eigenvalue weighted by molar-refractivity contribution is 0.311. The van der Waals surface area contributed by atoms with Crippen molar-refractivity contribution in [3.05, 3.63) is 17.0 Å². The van der Waals surface area contributed by atoms with Crippen LogP contribution in [0.5, 0.6) is 0 Å². The summed E-state index contributed by atoms with van der Waals surface area (Å²) in [5.41, 5.74) is 3.53. The predicted molar refractivity (Wildman–Crippen MR) is 78.8 cm³/mol. The number of likely N-dealkylation sites (N-methyl/N-ethyl adjacent to an activating group) is 2. The minimum Gasteiger partial charge on any atom is -0.338 e. The molecule has 19 heavy (non-hydrogen) atoms. The molecule has 2 heterocycles. The van der Waals surface area contributed by atoms with Gasteiger partial charge in [-0.05, 0) is 46.5 Å². The van der Waals surface area contributed by atoms with Crippen LogP contribution in [0.25, 0.3) is 0 Å². The van der Waals surface area contributed by atoms with E-state index in [2.05, 4.69) is 36.0 Å². The quantitative estimate of drug-likeness (QED) is 0.862. The first-order valence-corrected chi connectivity index (χ1v) is 7.04. The van der Waals surface area contributed by atoms with Crippen molar-refractivity contribution in [1.82, 2.24) is 20.2 Å². The summed E-state index contributed by atoms with van der Waals surface area (Å²) in [6, 6.07) is 0. The summed E-state index contributed by atoms with van der Waals surface area (Å²) >= 11 is 0. The van der Waals surface area contributed by atoms with Crippen molar-refractivity contribution in [3.8, 4) is 0 Å². The SMILES string of the molecule is CNCCc1c(C)nc(N2CCN(C)CC2)nc1C. The molecule has 0 radical (unpaired) electrons. The molecule has 1 saturated heterocycles. The third kappa shape index (κ3) is 3.42. The molecule has 0 saturated carbocycles. The molecule has 1 aliphatic rings. The number of anilines is 1. The predicted octanol–water partition coefficient (Wildman–Crippen LogP) is 0.607. The Labute approximate surface area is 116 Å². The van der Waals surface area contributed by atoms with Crippen LogP contribution in [0.3, 0.4) is 0 Å². The van der Waals surface area contributed by atoms with Crippen LogP contribution in [0.4, 0.5) is 5.95 Å². The second-order valence-corrected chi connectivity index (χ2v) is 5.32. The Hall–Kier alpha value is -1.20. The molecule has 0 aliphatic carbocycles. The number of rotatable bonds is 4. The first-order valence-electron chi connectivity index (χ1n) is 7.04. The van der Waals surface area contributed by atoms with Crippen LogP contribution in [-0.4, -0.2) is 61.7 Å². The highest BCUT2D eigenvalue weighted by Gasteiger charge is 2.18. The second kappa shape index (κ2) is 6.30. The van der Waals surface area contributed by atoms with Gasteiger partial charge < -0.3 is 15.1 Å². The van der Waals surface area contributed by atoms with Crippen molar-refractivity contribution in [1.29, 1.82) is 0 Å². The minimum absolute atomic E-state index is 0.899. The molecule has 0 aromatic carbocycles. The Morgan fingerprint density at radius 3 is 2.16 bits per heavy atom. The van der Waals surface area contributed by atoms with Crippen molar-refractivity contribution >= 4 is 5.95 Å². The third-order valence-electron chi connectivity index (χ3n) is 3.82. The maximum atomic E-state index is 4.70. The molecule has 1 aromatic heterocycles. The van der Waals surface area contributed by atoms with Gasteiger partial charge in [-0.25, -0.2) is 9.97 Å². The lowest BCUT2D eigenvalue weighted by Gasteiger charge is -2.32. The van der Waals surface area contributed by atoms with E-state index in [1.54, 1.807) is 0 Å². The number of nitrogens with zero attached hydrogens (tertiary/aromatic N) is 4. The summed E-state index contributed by atoms with van der Waals surface area (Å²) in [6.07, 6.45) is 0.997. The Bertz CT molecular complexity index is 401. The summed E-state index contributed by atoms with van der Waals surface area (Å²) in [5.74, 6) is 0.899. The van der Waals surface area contributed by atoms with Crippen LogP contribution < -0.4 is 10.2 Å². The van der Waals surface area contributed by atoms with Gasteiger partial charge in [-0.1, -0.05) is 0 Å². The smallest absolute Gasteiger partial charge is 0.225 e. The number of hydrogen-bond acceptors (Lipinski definition) is 5. The molecule has 1 aromatic rings. The van der Waals surface area contributed by atoms with Gasteiger partial charge in [0, 0.05) is 37.6 Å². The molecule has 2 rings (SSSR count). The Morgan fingerprint density at radius 2 is 1.63 bits per heavy atom. The summed E-state index contributed by atoms with van der Waals surface area (Å²) in [7, 11) is 4.14. The molecule has 0 bridgehead atoms. The fraction of sp³-hybridized carbons (Fsp3) is 0.714. The Balaban J connectivity index is 2.15. The van der Waals surface area contributed by atoms with E-state index in [-0.39, 0.29) is 0 Å². The van der Waals surface area contributed by atoms with Crippen LogP contribution in [0.2, 0.25) is 0 Å². The van der Waals surface area contributed by atoms with Gasteiger partial charge in [0.2, 0.25) is 5.95 Å². The zero-order chi connectivity index (χ0) is 13.8. The van der Waals surface area contributed by atoms with Gasteiger partial charge in [-0.3, -0.25) is 0 Å². The Morgan fingerprint density at radius 1 is 1.05 bits per heavy atom. The van der Waals surface area contributed by atoms with Crippen molar-refractivity contribution in [2.45, 2.75) is 20.3 Å². The monoisotopic (exact) mass is 263 g/mol. The van der Waals surface area contributed by atoms with Gasteiger partial charge in [-0.2, -0.15) is 0 Å². The molecule has 0 spiro atoms. The largest absolute Gasteiger partial charge is 0.338 e. The van der Waals surface area contributed by atoms with Gasteiger partial charge in [0.05, 0.1) is 0 Å². The van der Waals surface area contributed by atoms with E-state index in [1.807, 2.05) is 7.05 Å². The van der Waals surface area contributed by atoms with E-state index in [9.17, 15) is 0 Å². The first-order chi connectivity index (χ1) is 9.11. The molecule has 0 amide bonds. The van der Waals surface area contributed by atoms with Gasteiger partial charge in [-0.15, -0.1) is 0 Å². The molecule has 5 heteroatoms. The second-order valence-electron chi connectivity index (χ2n) is 5.32. The van der Waals surface area contributed by atoms with Gasteiger partial charge in [0.1, 0.15) is 0 Å². The van der Waals surface area contributed by atoms with E-state index in [1.165, 1.54) is 5.56 Å². The van der Waals surface area contributed by atoms with Crippen molar-refractivity contribution in [2.75, 3.05) is 51.7 Å². The highest BCUT2D eigenvalue weighted by molar-refractivity contribution is 5.37. The molecule has 1 aliphatic heterocycles. The lowest BCUT2D eigenvalue weighted by Crippen LogP contribution is -2.45. The third-order valence-corrected chi connectivity index (χ3v) is 3.82. The first kappa shape index (κ1) is 14.2. The summed E-state index contributed by atoms with van der Waals surface area (Å²) in [4.78, 5) is 14.0. The molecular weight excluding hydrogens is 238 g/mol.